The van der Waals surface area contributed by atoms with Gasteiger partial charge in [-0.1, -0.05) is 0 Å². The molecule has 0 atom stereocenters. The van der Waals surface area contributed by atoms with Crippen molar-refractivity contribution < 1.29 is 18.3 Å². The predicted molar refractivity (Wildman–Crippen MR) is 75.3 cm³/mol. The number of rotatable bonds is 3. The molecule has 3 nitrogen and oxygen atoms in total. The van der Waals surface area contributed by atoms with Crippen LogP contribution in [0.5, 0.6) is 0 Å². The quantitative estimate of drug-likeness (QED) is 0.640. The lowest BCUT2D eigenvalue weighted by Gasteiger charge is -2.06. The molecule has 0 unspecified atom stereocenters. The van der Waals surface area contributed by atoms with Crippen LogP contribution in [0.25, 0.3) is 16.7 Å². The van der Waals surface area contributed by atoms with Gasteiger partial charge >= 0.3 is 5.97 Å². The summed E-state index contributed by atoms with van der Waals surface area (Å²) in [4.78, 5) is 15.3. The van der Waals surface area contributed by atoms with E-state index >= 15 is 0 Å². The summed E-state index contributed by atoms with van der Waals surface area (Å²) in [6, 6.07) is 4.96. The van der Waals surface area contributed by atoms with E-state index in [0.717, 1.165) is 6.07 Å². The number of hydrogen-bond acceptors (Lipinski definition) is 3. The Hall–Kier alpha value is -2.56. The van der Waals surface area contributed by atoms with Gasteiger partial charge in [-0.2, -0.15) is 0 Å². The molecule has 0 saturated heterocycles. The monoisotopic (exact) mass is 289 g/mol. The third-order valence-corrected chi connectivity index (χ3v) is 2.93. The standard InChI is InChI=1S/C16H13F2NO2/c1-10(3-16(20)21-2)12-4-13(9-19-8-12)11-5-14(17)7-15(18)6-11/h3-9H,1-2H3/b10-3+. The molecule has 1 aromatic heterocycles. The zero-order chi connectivity index (χ0) is 15.4. The van der Waals surface area contributed by atoms with E-state index in [4.69, 9.17) is 0 Å². The summed E-state index contributed by atoms with van der Waals surface area (Å²) in [6.07, 6.45) is 4.39. The number of pyridine rings is 1. The number of allylic oxidation sites excluding steroid dienone is 1. The fraction of sp³-hybridized carbons (Fsp3) is 0.125. The van der Waals surface area contributed by atoms with Crippen molar-refractivity contribution in [1.82, 2.24) is 4.98 Å². The summed E-state index contributed by atoms with van der Waals surface area (Å²) in [5.74, 6) is -1.79. The van der Waals surface area contributed by atoms with Gasteiger partial charge in [-0.3, -0.25) is 4.98 Å². The zero-order valence-corrected chi connectivity index (χ0v) is 11.6. The maximum atomic E-state index is 13.3. The number of aromatic nitrogens is 1. The molecule has 1 aromatic carbocycles. The Morgan fingerprint density at radius 1 is 1.10 bits per heavy atom. The molecule has 2 aromatic rings. The Kier molecular flexibility index (Phi) is 4.42. The van der Waals surface area contributed by atoms with Gasteiger partial charge in [0, 0.05) is 30.1 Å². The van der Waals surface area contributed by atoms with E-state index in [1.54, 1.807) is 19.2 Å². The van der Waals surface area contributed by atoms with Crippen molar-refractivity contribution in [2.45, 2.75) is 6.92 Å². The van der Waals surface area contributed by atoms with Crippen molar-refractivity contribution in [3.05, 3.63) is 59.9 Å². The summed E-state index contributed by atoms with van der Waals surface area (Å²) in [5.41, 5.74) is 2.26. The van der Waals surface area contributed by atoms with E-state index in [9.17, 15) is 13.6 Å². The minimum absolute atomic E-state index is 0.382. The smallest absolute Gasteiger partial charge is 0.330 e. The SMILES string of the molecule is COC(=O)/C=C(\C)c1cncc(-c2cc(F)cc(F)c2)c1. The molecule has 0 aliphatic heterocycles. The largest absolute Gasteiger partial charge is 0.466 e. The molecule has 5 heteroatoms. The summed E-state index contributed by atoms with van der Waals surface area (Å²) < 4.78 is 31.1. The number of halogens is 2. The molecule has 0 radical (unpaired) electrons. The minimum atomic E-state index is -0.655. The van der Waals surface area contributed by atoms with Crippen molar-refractivity contribution in [1.29, 1.82) is 0 Å². The Bertz CT molecular complexity index is 691. The first-order valence-electron chi connectivity index (χ1n) is 6.17. The molecule has 0 aliphatic rings. The highest BCUT2D eigenvalue weighted by atomic mass is 19.1. The normalized spacial score (nSPS) is 11.3. The fourth-order valence-electron chi connectivity index (χ4n) is 1.85. The third-order valence-electron chi connectivity index (χ3n) is 2.93. The van der Waals surface area contributed by atoms with Crippen LogP contribution in [0.3, 0.4) is 0 Å². The van der Waals surface area contributed by atoms with E-state index in [-0.39, 0.29) is 0 Å². The van der Waals surface area contributed by atoms with E-state index < -0.39 is 17.6 Å². The topological polar surface area (TPSA) is 39.2 Å². The average molecular weight is 289 g/mol. The number of ether oxygens (including phenoxy) is 1. The number of methoxy groups -OCH3 is 1. The van der Waals surface area contributed by atoms with Gasteiger partial charge in [0.15, 0.2) is 0 Å². The Morgan fingerprint density at radius 2 is 1.76 bits per heavy atom. The van der Waals surface area contributed by atoms with Gasteiger partial charge < -0.3 is 4.74 Å². The zero-order valence-electron chi connectivity index (χ0n) is 11.6. The van der Waals surface area contributed by atoms with Crippen molar-refractivity contribution >= 4 is 11.5 Å². The van der Waals surface area contributed by atoms with E-state index in [1.807, 2.05) is 0 Å². The van der Waals surface area contributed by atoms with Crippen LogP contribution in [0.1, 0.15) is 12.5 Å². The number of hydrogen-bond donors (Lipinski definition) is 0. The van der Waals surface area contributed by atoms with Crippen LogP contribution in [0.2, 0.25) is 0 Å². The van der Waals surface area contributed by atoms with Crippen molar-refractivity contribution in [3.8, 4) is 11.1 Å². The first-order chi connectivity index (χ1) is 9.99. The van der Waals surface area contributed by atoms with Crippen molar-refractivity contribution in [2.75, 3.05) is 7.11 Å². The molecular formula is C16H13F2NO2. The summed E-state index contributed by atoms with van der Waals surface area (Å²) >= 11 is 0. The van der Waals surface area contributed by atoms with Crippen LogP contribution in [0.4, 0.5) is 8.78 Å². The third kappa shape index (κ3) is 3.72. The van der Waals surface area contributed by atoms with Crippen LogP contribution in [0.15, 0.2) is 42.7 Å². The highest BCUT2D eigenvalue weighted by Crippen LogP contribution is 2.24. The summed E-state index contributed by atoms with van der Waals surface area (Å²) in [7, 11) is 1.29. The van der Waals surface area contributed by atoms with Gasteiger partial charge in [-0.25, -0.2) is 13.6 Å². The molecule has 0 amide bonds. The molecule has 0 fully saturated rings. The maximum absolute atomic E-state index is 13.3. The van der Waals surface area contributed by atoms with Crippen LogP contribution >= 0.6 is 0 Å². The minimum Gasteiger partial charge on any atom is -0.466 e. The molecule has 21 heavy (non-hydrogen) atoms. The molecule has 0 spiro atoms. The summed E-state index contributed by atoms with van der Waals surface area (Å²) in [6.45, 7) is 1.73. The number of esters is 1. The maximum Gasteiger partial charge on any atom is 0.330 e. The second-order valence-corrected chi connectivity index (χ2v) is 4.47. The van der Waals surface area contributed by atoms with Crippen LogP contribution in [0, 0.1) is 11.6 Å². The van der Waals surface area contributed by atoms with E-state index in [0.29, 0.717) is 22.3 Å². The average Bonchev–Trinajstić information content (AvgIpc) is 2.46. The predicted octanol–water partition coefficient (Wildman–Crippen LogP) is 3.60. The number of carbonyl (C=O) groups is 1. The first kappa shape index (κ1) is 14.8. The molecule has 108 valence electrons. The highest BCUT2D eigenvalue weighted by Gasteiger charge is 2.06. The van der Waals surface area contributed by atoms with E-state index in [1.165, 1.54) is 31.5 Å². The van der Waals surface area contributed by atoms with Gasteiger partial charge in [0.05, 0.1) is 7.11 Å². The molecule has 2 rings (SSSR count). The van der Waals surface area contributed by atoms with E-state index in [2.05, 4.69) is 9.72 Å². The Balaban J connectivity index is 2.42. The van der Waals surface area contributed by atoms with Crippen LogP contribution in [-0.2, 0) is 9.53 Å². The highest BCUT2D eigenvalue weighted by molar-refractivity contribution is 5.91. The molecule has 0 N–H and O–H groups in total. The lowest BCUT2D eigenvalue weighted by Crippen LogP contribution is -1.96. The van der Waals surface area contributed by atoms with Gasteiger partial charge in [-0.15, -0.1) is 0 Å². The Labute approximate surface area is 120 Å². The lowest BCUT2D eigenvalue weighted by atomic mass is 10.0. The first-order valence-corrected chi connectivity index (χ1v) is 6.17. The second-order valence-electron chi connectivity index (χ2n) is 4.47. The van der Waals surface area contributed by atoms with Crippen LogP contribution in [-0.4, -0.2) is 18.1 Å². The summed E-state index contributed by atoms with van der Waals surface area (Å²) in [5, 5.41) is 0. The van der Waals surface area contributed by atoms with Gasteiger partial charge in [0.2, 0.25) is 0 Å². The number of nitrogens with zero attached hydrogens (tertiary/aromatic N) is 1. The van der Waals surface area contributed by atoms with Crippen molar-refractivity contribution in [2.24, 2.45) is 0 Å². The van der Waals surface area contributed by atoms with Crippen LogP contribution < -0.4 is 0 Å². The number of benzene rings is 1. The second kappa shape index (κ2) is 6.26. The molecule has 1 heterocycles. The lowest BCUT2D eigenvalue weighted by molar-refractivity contribution is -0.134. The van der Waals surface area contributed by atoms with Gasteiger partial charge in [0.1, 0.15) is 11.6 Å². The molecular weight excluding hydrogens is 276 g/mol. The Morgan fingerprint density at radius 3 is 2.38 bits per heavy atom. The number of carbonyl (C=O) groups excluding carboxylic acids is 1. The molecule has 0 bridgehead atoms. The molecule has 0 saturated carbocycles. The molecule has 0 aliphatic carbocycles. The van der Waals surface area contributed by atoms with Crippen molar-refractivity contribution in [3.63, 3.8) is 0 Å². The van der Waals surface area contributed by atoms with Gasteiger partial charge in [-0.05, 0) is 41.8 Å². The van der Waals surface area contributed by atoms with Gasteiger partial charge in [0.25, 0.3) is 0 Å². The fourth-order valence-corrected chi connectivity index (χ4v) is 1.85.